The van der Waals surface area contributed by atoms with Gasteiger partial charge in [-0.2, -0.15) is 0 Å². The van der Waals surface area contributed by atoms with E-state index in [0.717, 1.165) is 26.2 Å². The van der Waals surface area contributed by atoms with E-state index in [4.69, 9.17) is 9.47 Å². The maximum atomic E-state index is 13.3. The van der Waals surface area contributed by atoms with E-state index >= 15 is 0 Å². The second kappa shape index (κ2) is 6.84. The van der Waals surface area contributed by atoms with Crippen molar-refractivity contribution in [3.05, 3.63) is 30.1 Å². The van der Waals surface area contributed by atoms with Crippen LogP contribution in [0.1, 0.15) is 19.3 Å². The van der Waals surface area contributed by atoms with Crippen LogP contribution in [0.4, 0.5) is 4.39 Å². The third-order valence-corrected chi connectivity index (χ3v) is 4.70. The van der Waals surface area contributed by atoms with Crippen molar-refractivity contribution >= 4 is 5.97 Å². The summed E-state index contributed by atoms with van der Waals surface area (Å²) in [6.07, 6.45) is 1.86. The van der Waals surface area contributed by atoms with Crippen LogP contribution in [-0.2, 0) is 9.53 Å². The fourth-order valence-electron chi connectivity index (χ4n) is 3.30. The van der Waals surface area contributed by atoms with Crippen LogP contribution in [0.3, 0.4) is 0 Å². The molecule has 0 saturated carbocycles. The molecule has 0 aromatic heterocycles. The van der Waals surface area contributed by atoms with E-state index in [9.17, 15) is 14.3 Å². The molecule has 0 amide bonds. The summed E-state index contributed by atoms with van der Waals surface area (Å²) < 4.78 is 24.4. The van der Waals surface area contributed by atoms with Gasteiger partial charge in [-0.3, -0.25) is 0 Å². The lowest BCUT2D eigenvalue weighted by Gasteiger charge is -2.39. The zero-order chi connectivity index (χ0) is 16.3. The maximum absolute atomic E-state index is 13.3. The fourth-order valence-corrected chi connectivity index (χ4v) is 3.30. The lowest BCUT2D eigenvalue weighted by molar-refractivity contribution is -0.159. The highest BCUT2D eigenvalue weighted by Gasteiger charge is 2.44. The van der Waals surface area contributed by atoms with Crippen molar-refractivity contribution in [2.45, 2.75) is 24.9 Å². The molecular formula is C17H22FNO4. The van der Waals surface area contributed by atoms with Crippen molar-refractivity contribution in [3.8, 4) is 5.75 Å². The zero-order valence-corrected chi connectivity index (χ0v) is 13.0. The monoisotopic (exact) mass is 323 g/mol. The van der Waals surface area contributed by atoms with Crippen molar-refractivity contribution in [2.24, 2.45) is 5.92 Å². The Bertz CT molecular complexity index is 551. The molecule has 23 heavy (non-hydrogen) atoms. The molecule has 1 aromatic carbocycles. The average Bonchev–Trinajstić information content (AvgIpc) is 3.02. The molecule has 0 radical (unpaired) electrons. The Labute approximate surface area is 135 Å². The molecular weight excluding hydrogens is 301 g/mol. The number of ether oxygens (including phenoxy) is 2. The number of halogens is 1. The van der Waals surface area contributed by atoms with Crippen molar-refractivity contribution in [1.82, 2.24) is 4.90 Å². The highest BCUT2D eigenvalue weighted by molar-refractivity contribution is 5.78. The van der Waals surface area contributed by atoms with Crippen LogP contribution in [0, 0.1) is 11.7 Å². The van der Waals surface area contributed by atoms with Crippen molar-refractivity contribution in [3.63, 3.8) is 0 Å². The molecule has 0 spiro atoms. The predicted octanol–water partition coefficient (Wildman–Crippen LogP) is 2.16. The molecule has 1 N–H and O–H groups in total. The summed E-state index contributed by atoms with van der Waals surface area (Å²) in [5.74, 6) is -0.603. The van der Waals surface area contributed by atoms with Crippen LogP contribution in [0.25, 0.3) is 0 Å². The summed E-state index contributed by atoms with van der Waals surface area (Å²) in [5, 5.41) is 9.63. The molecule has 2 saturated heterocycles. The van der Waals surface area contributed by atoms with Crippen molar-refractivity contribution in [2.75, 3.05) is 32.8 Å². The summed E-state index contributed by atoms with van der Waals surface area (Å²) in [6, 6.07) is 5.66. The summed E-state index contributed by atoms with van der Waals surface area (Å²) >= 11 is 0. The molecule has 2 heterocycles. The molecule has 2 aliphatic heterocycles. The molecule has 1 atom stereocenters. The van der Waals surface area contributed by atoms with Gasteiger partial charge in [0.05, 0.1) is 6.61 Å². The van der Waals surface area contributed by atoms with Gasteiger partial charge in [0.25, 0.3) is 0 Å². The van der Waals surface area contributed by atoms with E-state index in [1.54, 1.807) is 6.07 Å². The Hall–Kier alpha value is -1.66. The largest absolute Gasteiger partial charge is 0.478 e. The quantitative estimate of drug-likeness (QED) is 0.900. The molecule has 1 aromatic rings. The number of carboxylic acids is 1. The minimum Gasteiger partial charge on any atom is -0.478 e. The molecule has 126 valence electrons. The van der Waals surface area contributed by atoms with Crippen LogP contribution >= 0.6 is 0 Å². The van der Waals surface area contributed by atoms with Gasteiger partial charge >= 0.3 is 5.97 Å². The molecule has 0 bridgehead atoms. The second-order valence-corrected chi connectivity index (χ2v) is 6.39. The van der Waals surface area contributed by atoms with Crippen LogP contribution in [0.5, 0.6) is 5.75 Å². The Morgan fingerprint density at radius 2 is 2.22 bits per heavy atom. The number of piperidine rings is 1. The smallest absolute Gasteiger partial charge is 0.348 e. The van der Waals surface area contributed by atoms with Gasteiger partial charge in [-0.05, 0) is 24.5 Å². The normalized spacial score (nSPS) is 24.5. The number of carboxylic acid groups (broad SMARTS) is 1. The minimum absolute atomic E-state index is 0.269. The minimum atomic E-state index is -1.27. The first-order valence-corrected chi connectivity index (χ1v) is 8.05. The summed E-state index contributed by atoms with van der Waals surface area (Å²) in [6.45, 7) is 3.88. The van der Waals surface area contributed by atoms with Gasteiger partial charge < -0.3 is 19.5 Å². The maximum Gasteiger partial charge on any atom is 0.348 e. The van der Waals surface area contributed by atoms with Gasteiger partial charge in [-0.15, -0.1) is 0 Å². The number of hydrogen-bond donors (Lipinski definition) is 1. The number of hydrogen-bond acceptors (Lipinski definition) is 4. The summed E-state index contributed by atoms with van der Waals surface area (Å²) in [7, 11) is 0. The lowest BCUT2D eigenvalue weighted by atomic mass is 9.90. The van der Waals surface area contributed by atoms with Gasteiger partial charge in [0.15, 0.2) is 0 Å². The number of carbonyl (C=O) groups is 1. The van der Waals surface area contributed by atoms with Crippen LogP contribution in [0.15, 0.2) is 24.3 Å². The van der Waals surface area contributed by atoms with Crippen LogP contribution < -0.4 is 4.74 Å². The average molecular weight is 323 g/mol. The van der Waals surface area contributed by atoms with Crippen LogP contribution in [-0.4, -0.2) is 54.4 Å². The SMILES string of the molecule is O=C(O)C1(Oc2cccc(F)c2)CCN(C[C@@H]2CCOC2)CC1. The molecule has 2 fully saturated rings. The lowest BCUT2D eigenvalue weighted by Crippen LogP contribution is -2.53. The topological polar surface area (TPSA) is 59.0 Å². The first kappa shape index (κ1) is 16.2. The van der Waals surface area contributed by atoms with Gasteiger partial charge in [0.2, 0.25) is 5.60 Å². The number of benzene rings is 1. The first-order chi connectivity index (χ1) is 11.1. The summed E-state index contributed by atoms with van der Waals surface area (Å²) in [4.78, 5) is 14.0. The molecule has 0 aliphatic carbocycles. The van der Waals surface area contributed by atoms with E-state index in [1.807, 2.05) is 0 Å². The van der Waals surface area contributed by atoms with E-state index < -0.39 is 17.4 Å². The Kier molecular flexibility index (Phi) is 4.82. The predicted molar refractivity (Wildman–Crippen MR) is 82.0 cm³/mol. The highest BCUT2D eigenvalue weighted by atomic mass is 19.1. The van der Waals surface area contributed by atoms with Gasteiger partial charge in [0, 0.05) is 45.1 Å². The van der Waals surface area contributed by atoms with Crippen molar-refractivity contribution in [1.29, 1.82) is 0 Å². The van der Waals surface area contributed by atoms with E-state index in [0.29, 0.717) is 31.8 Å². The van der Waals surface area contributed by atoms with Crippen molar-refractivity contribution < 1.29 is 23.8 Å². The molecule has 6 heteroatoms. The van der Waals surface area contributed by atoms with E-state index in [-0.39, 0.29) is 5.75 Å². The van der Waals surface area contributed by atoms with Gasteiger partial charge in [-0.1, -0.05) is 6.07 Å². The highest BCUT2D eigenvalue weighted by Crippen LogP contribution is 2.30. The third kappa shape index (κ3) is 3.82. The van der Waals surface area contributed by atoms with E-state index in [2.05, 4.69) is 4.90 Å². The molecule has 2 aliphatic rings. The zero-order valence-electron chi connectivity index (χ0n) is 13.0. The van der Waals surface area contributed by atoms with Gasteiger partial charge in [0.1, 0.15) is 11.6 Å². The first-order valence-electron chi connectivity index (χ1n) is 8.05. The fraction of sp³-hybridized carbons (Fsp3) is 0.588. The molecule has 0 unspecified atom stereocenters. The van der Waals surface area contributed by atoms with E-state index in [1.165, 1.54) is 18.2 Å². The molecule has 3 rings (SSSR count). The number of nitrogens with zero attached hydrogens (tertiary/aromatic N) is 1. The number of rotatable bonds is 5. The summed E-state index contributed by atoms with van der Waals surface area (Å²) in [5.41, 5.74) is -1.27. The molecule has 5 nitrogen and oxygen atoms in total. The number of likely N-dealkylation sites (tertiary alicyclic amines) is 1. The van der Waals surface area contributed by atoms with Gasteiger partial charge in [-0.25, -0.2) is 9.18 Å². The Morgan fingerprint density at radius 1 is 1.43 bits per heavy atom. The Morgan fingerprint density at radius 3 is 2.83 bits per heavy atom. The second-order valence-electron chi connectivity index (χ2n) is 6.39. The standard InChI is InChI=1S/C17H22FNO4/c18-14-2-1-3-15(10-14)23-17(16(20)21)5-7-19(8-6-17)11-13-4-9-22-12-13/h1-3,10,13H,4-9,11-12H2,(H,20,21)/t13-/m0/s1. The number of aliphatic carboxylic acids is 1. The third-order valence-electron chi connectivity index (χ3n) is 4.70. The Balaban J connectivity index is 1.62. The van der Waals surface area contributed by atoms with Crippen LogP contribution in [0.2, 0.25) is 0 Å².